The van der Waals surface area contributed by atoms with E-state index in [0.717, 1.165) is 25.9 Å². The van der Waals surface area contributed by atoms with Gasteiger partial charge in [-0.1, -0.05) is 20.8 Å². The van der Waals surface area contributed by atoms with Gasteiger partial charge < -0.3 is 9.74 Å². The predicted octanol–water partition coefficient (Wildman–Crippen LogP) is 3.07. The summed E-state index contributed by atoms with van der Waals surface area (Å²) < 4.78 is 6.11. The maximum absolute atomic E-state index is 11.0. The quantitative estimate of drug-likeness (QED) is 0.607. The second-order valence-corrected chi connectivity index (χ2v) is 11.4. The predicted molar refractivity (Wildman–Crippen MR) is 73.5 cm³/mol. The van der Waals surface area contributed by atoms with Crippen LogP contribution in [0.5, 0.6) is 0 Å². The minimum absolute atomic E-state index is 0.209. The van der Waals surface area contributed by atoms with Crippen LogP contribution in [-0.2, 0) is 9.22 Å². The molecule has 1 heterocycles. The zero-order valence-electron chi connectivity index (χ0n) is 11.9. The SMILES string of the molecule is CC(C)(C)[Si](C)(C)OCCCC1CCC(=O)N1. The van der Waals surface area contributed by atoms with Crippen molar-refractivity contribution in [3.63, 3.8) is 0 Å². The number of carbonyl (C=O) groups excluding carboxylic acids is 1. The van der Waals surface area contributed by atoms with Gasteiger partial charge in [-0.15, -0.1) is 0 Å². The Hall–Kier alpha value is -0.353. The van der Waals surface area contributed by atoms with Crippen molar-refractivity contribution < 1.29 is 9.22 Å². The lowest BCUT2D eigenvalue weighted by Gasteiger charge is -2.36. The molecule has 0 aliphatic carbocycles. The van der Waals surface area contributed by atoms with E-state index < -0.39 is 8.32 Å². The van der Waals surface area contributed by atoms with Gasteiger partial charge in [0, 0.05) is 19.1 Å². The molecule has 1 N–H and O–H groups in total. The fraction of sp³-hybridized carbons (Fsp3) is 0.923. The monoisotopic (exact) mass is 257 g/mol. The van der Waals surface area contributed by atoms with Crippen LogP contribution in [0.1, 0.15) is 46.5 Å². The van der Waals surface area contributed by atoms with Gasteiger partial charge in [-0.3, -0.25) is 4.79 Å². The van der Waals surface area contributed by atoms with Crippen molar-refractivity contribution in [3.05, 3.63) is 0 Å². The molecular formula is C13H27NO2Si. The summed E-state index contributed by atoms with van der Waals surface area (Å²) in [4.78, 5) is 11.0. The third kappa shape index (κ3) is 4.43. The molecule has 0 radical (unpaired) electrons. The van der Waals surface area contributed by atoms with E-state index in [0.29, 0.717) is 12.5 Å². The molecule has 1 fully saturated rings. The van der Waals surface area contributed by atoms with E-state index in [9.17, 15) is 4.79 Å². The van der Waals surface area contributed by atoms with E-state index in [4.69, 9.17) is 4.43 Å². The van der Waals surface area contributed by atoms with Crippen molar-refractivity contribution in [1.82, 2.24) is 5.32 Å². The Morgan fingerprint density at radius 2 is 2.06 bits per heavy atom. The number of hydrogen-bond acceptors (Lipinski definition) is 2. The van der Waals surface area contributed by atoms with Crippen molar-refractivity contribution in [2.24, 2.45) is 0 Å². The molecule has 17 heavy (non-hydrogen) atoms. The lowest BCUT2D eigenvalue weighted by atomic mass is 10.1. The number of hydrogen-bond donors (Lipinski definition) is 1. The number of carbonyl (C=O) groups is 1. The fourth-order valence-electron chi connectivity index (χ4n) is 1.77. The molecule has 3 nitrogen and oxygen atoms in total. The molecule has 1 saturated heterocycles. The Morgan fingerprint density at radius 1 is 1.41 bits per heavy atom. The summed E-state index contributed by atoms with van der Waals surface area (Å²) in [5.41, 5.74) is 0. The summed E-state index contributed by atoms with van der Waals surface area (Å²) in [6.07, 6.45) is 3.81. The molecule has 100 valence electrons. The molecule has 1 rings (SSSR count). The summed E-state index contributed by atoms with van der Waals surface area (Å²) in [7, 11) is -1.58. The summed E-state index contributed by atoms with van der Waals surface area (Å²) in [6, 6.07) is 0.394. The average Bonchev–Trinajstić information content (AvgIpc) is 2.57. The maximum atomic E-state index is 11.0. The fourth-order valence-corrected chi connectivity index (χ4v) is 2.86. The minimum atomic E-state index is -1.58. The maximum Gasteiger partial charge on any atom is 0.220 e. The van der Waals surface area contributed by atoms with Gasteiger partial charge in [-0.2, -0.15) is 0 Å². The Labute approximate surface area is 106 Å². The smallest absolute Gasteiger partial charge is 0.220 e. The lowest BCUT2D eigenvalue weighted by molar-refractivity contribution is -0.119. The molecule has 0 aromatic rings. The van der Waals surface area contributed by atoms with Crippen molar-refractivity contribution in [3.8, 4) is 0 Å². The third-order valence-electron chi connectivity index (χ3n) is 4.05. The molecule has 0 aromatic carbocycles. The van der Waals surface area contributed by atoms with Gasteiger partial charge in [-0.25, -0.2) is 0 Å². The first kappa shape index (κ1) is 14.7. The largest absolute Gasteiger partial charge is 0.417 e. The zero-order valence-corrected chi connectivity index (χ0v) is 12.9. The summed E-state index contributed by atoms with van der Waals surface area (Å²) >= 11 is 0. The van der Waals surface area contributed by atoms with Crippen LogP contribution in [0.4, 0.5) is 0 Å². The highest BCUT2D eigenvalue weighted by molar-refractivity contribution is 6.74. The highest BCUT2D eigenvalue weighted by atomic mass is 28.4. The second kappa shape index (κ2) is 5.53. The van der Waals surface area contributed by atoms with Crippen molar-refractivity contribution in [2.75, 3.05) is 6.61 Å². The molecule has 1 amide bonds. The summed E-state index contributed by atoms with van der Waals surface area (Å²) in [5.74, 6) is 0.209. The highest BCUT2D eigenvalue weighted by Gasteiger charge is 2.36. The van der Waals surface area contributed by atoms with Crippen molar-refractivity contribution in [1.29, 1.82) is 0 Å². The first-order valence-corrected chi connectivity index (χ1v) is 9.56. The number of amides is 1. The van der Waals surface area contributed by atoms with Crippen LogP contribution in [0.3, 0.4) is 0 Å². The van der Waals surface area contributed by atoms with Crippen LogP contribution in [0.15, 0.2) is 0 Å². The van der Waals surface area contributed by atoms with Gasteiger partial charge in [0.1, 0.15) is 0 Å². The molecule has 1 aliphatic rings. The van der Waals surface area contributed by atoms with Crippen LogP contribution in [-0.4, -0.2) is 26.9 Å². The molecule has 1 unspecified atom stereocenters. The molecule has 0 aromatic heterocycles. The van der Waals surface area contributed by atoms with Crippen LogP contribution in [0, 0.1) is 0 Å². The average molecular weight is 257 g/mol. The van der Waals surface area contributed by atoms with Crippen molar-refractivity contribution >= 4 is 14.2 Å². The standard InChI is InChI=1S/C13H27NO2Si/c1-13(2,3)17(4,5)16-10-6-7-11-8-9-12(15)14-11/h11H,6-10H2,1-5H3,(H,14,15). The molecule has 0 saturated carbocycles. The van der Waals surface area contributed by atoms with E-state index in [2.05, 4.69) is 39.2 Å². The third-order valence-corrected chi connectivity index (χ3v) is 8.59. The molecule has 0 spiro atoms. The Bertz CT molecular complexity index is 271. The first-order valence-electron chi connectivity index (χ1n) is 6.66. The summed E-state index contributed by atoms with van der Waals surface area (Å²) in [6.45, 7) is 12.2. The van der Waals surface area contributed by atoms with Gasteiger partial charge in [0.05, 0.1) is 0 Å². The Morgan fingerprint density at radius 3 is 2.53 bits per heavy atom. The normalized spacial score (nSPS) is 21.7. The lowest BCUT2D eigenvalue weighted by Crippen LogP contribution is -2.41. The first-order chi connectivity index (χ1) is 7.72. The number of nitrogens with one attached hydrogen (secondary N) is 1. The summed E-state index contributed by atoms with van der Waals surface area (Å²) in [5, 5.41) is 3.28. The van der Waals surface area contributed by atoms with Gasteiger partial charge in [0.2, 0.25) is 5.91 Å². The van der Waals surface area contributed by atoms with Gasteiger partial charge in [0.25, 0.3) is 0 Å². The van der Waals surface area contributed by atoms with Crippen LogP contribution in [0.2, 0.25) is 18.1 Å². The molecule has 4 heteroatoms. The highest BCUT2D eigenvalue weighted by Crippen LogP contribution is 2.36. The van der Waals surface area contributed by atoms with Gasteiger partial charge in [-0.05, 0) is 37.4 Å². The Balaban J connectivity index is 2.18. The van der Waals surface area contributed by atoms with Crippen molar-refractivity contribution in [2.45, 2.75) is 70.6 Å². The molecular weight excluding hydrogens is 230 g/mol. The van der Waals surface area contributed by atoms with Gasteiger partial charge >= 0.3 is 0 Å². The van der Waals surface area contributed by atoms with Crippen LogP contribution < -0.4 is 5.32 Å². The Kier molecular flexibility index (Phi) is 4.78. The molecule has 0 bridgehead atoms. The van der Waals surface area contributed by atoms with Crippen LogP contribution >= 0.6 is 0 Å². The van der Waals surface area contributed by atoms with E-state index in [-0.39, 0.29) is 10.9 Å². The molecule has 1 aliphatic heterocycles. The number of rotatable bonds is 5. The van der Waals surface area contributed by atoms with E-state index >= 15 is 0 Å². The second-order valence-electron chi connectivity index (χ2n) is 6.55. The van der Waals surface area contributed by atoms with E-state index in [1.54, 1.807) is 0 Å². The molecule has 1 atom stereocenters. The minimum Gasteiger partial charge on any atom is -0.417 e. The van der Waals surface area contributed by atoms with E-state index in [1.165, 1.54) is 0 Å². The van der Waals surface area contributed by atoms with Crippen LogP contribution in [0.25, 0.3) is 0 Å². The van der Waals surface area contributed by atoms with Gasteiger partial charge in [0.15, 0.2) is 8.32 Å². The van der Waals surface area contributed by atoms with E-state index in [1.807, 2.05) is 0 Å². The topological polar surface area (TPSA) is 38.3 Å². The zero-order chi connectivity index (χ0) is 13.1.